The number of rotatable bonds is 3. The zero-order chi connectivity index (χ0) is 8.10. The van der Waals surface area contributed by atoms with Crippen LogP contribution >= 0.6 is 0 Å². The van der Waals surface area contributed by atoms with Crippen molar-refractivity contribution in [3.8, 4) is 0 Å². The van der Waals surface area contributed by atoms with Crippen LogP contribution in [0.15, 0.2) is 25.0 Å². The lowest BCUT2D eigenvalue weighted by atomic mass is 10.1. The van der Waals surface area contributed by atoms with E-state index in [4.69, 9.17) is 4.74 Å². The average molecular weight is 152 g/mol. The highest BCUT2D eigenvalue weighted by molar-refractivity contribution is 5.85. The first kappa shape index (κ1) is 8.05. The molecular formula is C9H12O2. The summed E-state index contributed by atoms with van der Waals surface area (Å²) in [6, 6.07) is 0. The van der Waals surface area contributed by atoms with Gasteiger partial charge in [0, 0.05) is 6.42 Å². The summed E-state index contributed by atoms with van der Waals surface area (Å²) in [7, 11) is 0. The maximum Gasteiger partial charge on any atom is 0.177 e. The van der Waals surface area contributed by atoms with Crippen molar-refractivity contribution < 1.29 is 9.53 Å². The molecule has 0 aromatic heterocycles. The molecule has 60 valence electrons. The van der Waals surface area contributed by atoms with Crippen molar-refractivity contribution in [1.82, 2.24) is 0 Å². The Hall–Kier alpha value is -1.05. The topological polar surface area (TPSA) is 26.3 Å². The summed E-state index contributed by atoms with van der Waals surface area (Å²) in [5, 5.41) is 0. The van der Waals surface area contributed by atoms with Crippen molar-refractivity contribution in [2.45, 2.75) is 25.4 Å². The average Bonchev–Trinajstić information content (AvgIpc) is 2.03. The third-order valence-electron chi connectivity index (χ3n) is 1.65. The minimum Gasteiger partial charge on any atom is -0.491 e. The lowest BCUT2D eigenvalue weighted by molar-refractivity contribution is -0.128. The van der Waals surface area contributed by atoms with Gasteiger partial charge in [0.2, 0.25) is 0 Å². The van der Waals surface area contributed by atoms with Crippen molar-refractivity contribution in [3.63, 3.8) is 0 Å². The highest BCUT2D eigenvalue weighted by Crippen LogP contribution is 2.11. The lowest BCUT2D eigenvalue weighted by Gasteiger charge is -2.16. The molecule has 2 nitrogen and oxygen atoms in total. The third kappa shape index (κ3) is 2.22. The van der Waals surface area contributed by atoms with Crippen LogP contribution < -0.4 is 0 Å². The Morgan fingerprint density at radius 1 is 1.82 bits per heavy atom. The molecule has 1 heterocycles. The van der Waals surface area contributed by atoms with Crippen molar-refractivity contribution in [1.29, 1.82) is 0 Å². The van der Waals surface area contributed by atoms with Crippen LogP contribution in [0.5, 0.6) is 0 Å². The molecule has 0 aromatic rings. The normalized spacial score (nSPS) is 22.9. The van der Waals surface area contributed by atoms with E-state index in [1.807, 2.05) is 0 Å². The monoisotopic (exact) mass is 152 g/mol. The van der Waals surface area contributed by atoms with Gasteiger partial charge < -0.3 is 4.74 Å². The molecule has 1 aliphatic heterocycles. The van der Waals surface area contributed by atoms with Crippen LogP contribution in [0, 0.1) is 0 Å². The van der Waals surface area contributed by atoms with E-state index in [1.54, 1.807) is 18.4 Å². The number of Topliss-reactive ketones (excluding diaryl/α,β-unsaturated/α-hetero) is 1. The minimum absolute atomic E-state index is 0.175. The molecule has 0 bridgehead atoms. The number of hydrogen-bond acceptors (Lipinski definition) is 2. The quantitative estimate of drug-likeness (QED) is 0.576. The summed E-state index contributed by atoms with van der Waals surface area (Å²) in [6.45, 7) is 3.59. The lowest BCUT2D eigenvalue weighted by Crippen LogP contribution is -2.24. The zero-order valence-electron chi connectivity index (χ0n) is 6.45. The van der Waals surface area contributed by atoms with Crippen molar-refractivity contribution in [3.05, 3.63) is 25.0 Å². The van der Waals surface area contributed by atoms with Crippen LogP contribution in [0.1, 0.15) is 19.3 Å². The highest BCUT2D eigenvalue weighted by Gasteiger charge is 2.18. The minimum atomic E-state index is -0.224. The number of ketones is 1. The fourth-order valence-corrected chi connectivity index (χ4v) is 1.02. The molecule has 1 aliphatic rings. The predicted molar refractivity (Wildman–Crippen MR) is 43.1 cm³/mol. The Bertz CT molecular complexity index is 182. The van der Waals surface area contributed by atoms with Crippen molar-refractivity contribution in [2.75, 3.05) is 0 Å². The van der Waals surface area contributed by atoms with Crippen LogP contribution in [-0.2, 0) is 9.53 Å². The third-order valence-corrected chi connectivity index (χ3v) is 1.65. The van der Waals surface area contributed by atoms with E-state index < -0.39 is 0 Å². The van der Waals surface area contributed by atoms with Crippen LogP contribution in [0.4, 0.5) is 0 Å². The molecule has 1 rings (SSSR count). The molecule has 0 N–H and O–H groups in total. The molecule has 0 spiro atoms. The molecular weight excluding hydrogens is 140 g/mol. The van der Waals surface area contributed by atoms with Gasteiger partial charge in [0.1, 0.15) is 0 Å². The van der Waals surface area contributed by atoms with Crippen LogP contribution in [0.3, 0.4) is 0 Å². The molecule has 1 atom stereocenters. The van der Waals surface area contributed by atoms with E-state index in [-0.39, 0.29) is 11.9 Å². The maximum absolute atomic E-state index is 11.1. The van der Waals surface area contributed by atoms with Gasteiger partial charge in [-0.1, -0.05) is 6.08 Å². The van der Waals surface area contributed by atoms with Crippen LogP contribution in [0.2, 0.25) is 0 Å². The Balaban J connectivity index is 2.37. The van der Waals surface area contributed by atoms with E-state index in [0.717, 1.165) is 12.8 Å². The summed E-state index contributed by atoms with van der Waals surface area (Å²) in [5.74, 6) is 0.175. The molecule has 0 aliphatic carbocycles. The van der Waals surface area contributed by atoms with Crippen molar-refractivity contribution in [2.24, 2.45) is 0 Å². The first-order valence-electron chi connectivity index (χ1n) is 3.78. The van der Waals surface area contributed by atoms with Gasteiger partial charge >= 0.3 is 0 Å². The molecule has 0 fully saturated rings. The summed E-state index contributed by atoms with van der Waals surface area (Å²) in [4.78, 5) is 11.1. The first-order chi connectivity index (χ1) is 5.34. The number of carbonyl (C=O) groups excluding carboxylic acids is 1. The van der Waals surface area contributed by atoms with E-state index in [0.29, 0.717) is 6.42 Å². The van der Waals surface area contributed by atoms with Gasteiger partial charge in [0.25, 0.3) is 0 Å². The van der Waals surface area contributed by atoms with E-state index in [1.165, 1.54) is 0 Å². The Morgan fingerprint density at radius 3 is 3.27 bits per heavy atom. The molecule has 0 aromatic carbocycles. The first-order valence-corrected chi connectivity index (χ1v) is 3.78. The Kier molecular flexibility index (Phi) is 2.90. The second-order valence-corrected chi connectivity index (χ2v) is 2.53. The maximum atomic E-state index is 11.1. The van der Waals surface area contributed by atoms with Gasteiger partial charge in [0.15, 0.2) is 11.9 Å². The van der Waals surface area contributed by atoms with Crippen LogP contribution in [-0.4, -0.2) is 11.9 Å². The molecule has 0 amide bonds. The summed E-state index contributed by atoms with van der Waals surface area (Å²) >= 11 is 0. The summed E-state index contributed by atoms with van der Waals surface area (Å²) < 4.78 is 5.11. The molecule has 2 heteroatoms. The zero-order valence-corrected chi connectivity index (χ0v) is 6.45. The second-order valence-electron chi connectivity index (χ2n) is 2.53. The number of allylic oxidation sites excluding steroid dienone is 2. The van der Waals surface area contributed by atoms with Crippen molar-refractivity contribution >= 4 is 5.78 Å². The van der Waals surface area contributed by atoms with E-state index >= 15 is 0 Å². The Labute approximate surface area is 66.5 Å². The van der Waals surface area contributed by atoms with Gasteiger partial charge in [-0.15, -0.1) is 6.58 Å². The Morgan fingerprint density at radius 2 is 2.64 bits per heavy atom. The smallest absolute Gasteiger partial charge is 0.177 e. The molecule has 1 unspecified atom stereocenters. The number of carbonyl (C=O) groups is 1. The fourth-order valence-electron chi connectivity index (χ4n) is 1.02. The second kappa shape index (κ2) is 3.96. The SMILES string of the molecule is C=CCCC1OC=CCC1=O. The van der Waals surface area contributed by atoms with Gasteiger partial charge in [-0.3, -0.25) is 4.79 Å². The largest absolute Gasteiger partial charge is 0.491 e. The summed E-state index contributed by atoms with van der Waals surface area (Å²) in [6.07, 6.45) is 7.04. The predicted octanol–water partition coefficient (Wildman–Crippen LogP) is 1.82. The van der Waals surface area contributed by atoms with Gasteiger partial charge in [0.05, 0.1) is 6.26 Å². The molecule has 0 saturated carbocycles. The van der Waals surface area contributed by atoms with E-state index in [9.17, 15) is 4.79 Å². The standard InChI is InChI=1S/C9H12O2/c1-2-3-6-9-8(10)5-4-7-11-9/h2,4,7,9H,1,3,5-6H2. The van der Waals surface area contributed by atoms with E-state index in [2.05, 4.69) is 6.58 Å². The fraction of sp³-hybridized carbons (Fsp3) is 0.444. The number of ether oxygens (including phenoxy) is 1. The number of hydrogen-bond donors (Lipinski definition) is 0. The van der Waals surface area contributed by atoms with Crippen LogP contribution in [0.25, 0.3) is 0 Å². The molecule has 0 saturated heterocycles. The highest BCUT2D eigenvalue weighted by atomic mass is 16.5. The van der Waals surface area contributed by atoms with Gasteiger partial charge in [-0.05, 0) is 18.9 Å². The molecule has 11 heavy (non-hydrogen) atoms. The van der Waals surface area contributed by atoms with Gasteiger partial charge in [-0.25, -0.2) is 0 Å². The van der Waals surface area contributed by atoms with Gasteiger partial charge in [-0.2, -0.15) is 0 Å². The molecule has 0 radical (unpaired) electrons. The summed E-state index contributed by atoms with van der Waals surface area (Å²) in [5.41, 5.74) is 0.